The molecule has 1 atom stereocenters. The molecule has 2 aromatic carbocycles. The van der Waals surface area contributed by atoms with Gasteiger partial charge < -0.3 is 30.7 Å². The number of nitrogens with zero attached hydrogens (tertiary/aromatic N) is 6. The zero-order valence-electron chi connectivity index (χ0n) is 38.8. The largest absolute Gasteiger partial charge is 0.404 e. The average Bonchev–Trinajstić information content (AvgIpc) is 3.58. The number of allylic oxidation sites excluding steroid dienone is 1. The van der Waals surface area contributed by atoms with Crippen LogP contribution in [-0.2, 0) is 27.2 Å². The van der Waals surface area contributed by atoms with Crippen LogP contribution in [0.5, 0.6) is 0 Å². The summed E-state index contributed by atoms with van der Waals surface area (Å²) in [6.07, 6.45) is 9.12. The van der Waals surface area contributed by atoms with Crippen molar-refractivity contribution in [2.75, 3.05) is 70.9 Å². The minimum absolute atomic E-state index is 0.0577. The Hall–Kier alpha value is -5.81. The fourth-order valence-electron chi connectivity index (χ4n) is 10.9. The summed E-state index contributed by atoms with van der Waals surface area (Å²) >= 11 is 0. The maximum atomic E-state index is 14.6. The number of alkyl halides is 2. The van der Waals surface area contributed by atoms with Crippen molar-refractivity contribution >= 4 is 52.8 Å². The monoisotopic (exact) mass is 923 g/mol. The van der Waals surface area contributed by atoms with Crippen molar-refractivity contribution in [3.8, 4) is 0 Å². The molecule has 3 fully saturated rings. The first-order valence-corrected chi connectivity index (χ1v) is 24.0. The minimum atomic E-state index is -2.75. The van der Waals surface area contributed by atoms with E-state index >= 15 is 0 Å². The molecule has 5 N–H and O–H groups in total. The molecule has 2 aromatic rings. The summed E-state index contributed by atoms with van der Waals surface area (Å²) in [5.74, 6) is -1.08. The smallest absolute Gasteiger partial charge is 0.264 e. The molecule has 6 aliphatic heterocycles. The number of rotatable bonds is 14. The first-order chi connectivity index (χ1) is 32.3. The number of hydrogen-bond donors (Lipinski definition) is 4. The SMILES string of the molecule is CN=CC(=CN)c1cc2c(cc1C(F)F)N(C(=N)C1=C(NC3CCN(CCC4CCN(CCCc5cccc6c5C(=O)N(C5CCC(=O)NC5=O)C6=O)CC4)CC3)CCN(C(C)=O)C1)CCC2. The highest BCUT2D eigenvalue weighted by molar-refractivity contribution is 6.24. The molecule has 15 nitrogen and oxygen atoms in total. The number of likely N-dealkylation sites (tertiary alicyclic amines) is 2. The number of hydrogen-bond acceptors (Lipinski definition) is 11. The van der Waals surface area contributed by atoms with Crippen LogP contribution in [0.1, 0.15) is 121 Å². The van der Waals surface area contributed by atoms with Crippen LogP contribution in [-0.4, -0.2) is 139 Å². The van der Waals surface area contributed by atoms with E-state index in [2.05, 4.69) is 25.4 Å². The molecular weight excluding hydrogens is 859 g/mol. The summed E-state index contributed by atoms with van der Waals surface area (Å²) in [7, 11) is 1.57. The van der Waals surface area contributed by atoms with Gasteiger partial charge >= 0.3 is 0 Å². The molecule has 0 aliphatic carbocycles. The molecular formula is C50H64F2N10O5. The Kier molecular flexibility index (Phi) is 14.9. The number of aryl methyl sites for hydroxylation is 2. The fourth-order valence-corrected chi connectivity index (χ4v) is 10.9. The third-order valence-electron chi connectivity index (χ3n) is 14.7. The van der Waals surface area contributed by atoms with Crippen LogP contribution in [0.4, 0.5) is 14.5 Å². The van der Waals surface area contributed by atoms with Crippen LogP contribution in [0.2, 0.25) is 0 Å². The first-order valence-electron chi connectivity index (χ1n) is 24.0. The Morgan fingerprint density at radius 3 is 2.40 bits per heavy atom. The highest BCUT2D eigenvalue weighted by Gasteiger charge is 2.45. The maximum Gasteiger partial charge on any atom is 0.264 e. The number of anilines is 1. The standard InChI is InChI=1S/C50H64F2N10O5/c1-31(63)60-25-17-41(40(30-60)47(54)61-19-5-8-34-26-38(35(28-53)29-55-2)39(46(51)52)27-43(34)61)56-36-15-23-59(24-16-36)22-14-32-12-20-58(21-13-32)18-4-7-33-6-3-9-37-45(33)50(67)62(49(37)66)42-10-11-44(64)57-48(42)65/h3,6,9,26-29,32,36,42,46,54,56H,4-5,7-8,10-25,30,53H2,1-2H3,(H,57,64,65). The Morgan fingerprint density at radius 1 is 0.955 bits per heavy atom. The van der Waals surface area contributed by atoms with Crippen molar-refractivity contribution in [1.82, 2.24) is 30.2 Å². The van der Waals surface area contributed by atoms with Crippen molar-refractivity contribution < 1.29 is 32.8 Å². The normalized spacial score (nSPS) is 21.7. The van der Waals surface area contributed by atoms with Crippen molar-refractivity contribution in [2.24, 2.45) is 16.6 Å². The van der Waals surface area contributed by atoms with Gasteiger partial charge in [0.1, 0.15) is 11.9 Å². The molecule has 0 spiro atoms. The van der Waals surface area contributed by atoms with Gasteiger partial charge in [-0.3, -0.25) is 44.6 Å². The molecule has 17 heteroatoms. The number of aliphatic imine (C=N–C) groups is 1. The molecule has 0 radical (unpaired) electrons. The molecule has 0 saturated carbocycles. The third-order valence-corrected chi connectivity index (χ3v) is 14.7. The van der Waals surface area contributed by atoms with Crippen molar-refractivity contribution in [1.29, 1.82) is 5.41 Å². The summed E-state index contributed by atoms with van der Waals surface area (Å²) in [5.41, 5.74) is 11.1. The predicted molar refractivity (Wildman–Crippen MR) is 253 cm³/mol. The summed E-state index contributed by atoms with van der Waals surface area (Å²) in [5, 5.41) is 15.6. The van der Waals surface area contributed by atoms with Gasteiger partial charge in [0.25, 0.3) is 18.2 Å². The van der Waals surface area contributed by atoms with Crippen LogP contribution in [0.15, 0.2) is 52.8 Å². The van der Waals surface area contributed by atoms with Crippen LogP contribution in [0.25, 0.3) is 5.57 Å². The molecule has 1 unspecified atom stereocenters. The Morgan fingerprint density at radius 2 is 1.70 bits per heavy atom. The number of fused-ring (bicyclic) bond motifs is 2. The molecule has 3 saturated heterocycles. The van der Waals surface area contributed by atoms with Crippen molar-refractivity contribution in [2.45, 2.75) is 102 Å². The molecule has 8 rings (SSSR count). The number of amidine groups is 1. The van der Waals surface area contributed by atoms with Crippen LogP contribution in [0, 0.1) is 11.3 Å². The Bertz CT molecular complexity index is 2370. The van der Waals surface area contributed by atoms with Gasteiger partial charge in [0.05, 0.1) is 17.7 Å². The number of carbonyl (C=O) groups excluding carboxylic acids is 5. The number of amides is 5. The molecule has 0 bridgehead atoms. The second kappa shape index (κ2) is 21.0. The van der Waals surface area contributed by atoms with E-state index in [1.807, 2.05) is 11.0 Å². The molecule has 0 aromatic heterocycles. The lowest BCUT2D eigenvalue weighted by molar-refractivity contribution is -0.136. The lowest BCUT2D eigenvalue weighted by Crippen LogP contribution is -2.54. The van der Waals surface area contributed by atoms with E-state index in [0.717, 1.165) is 112 Å². The number of halogens is 2. The lowest BCUT2D eigenvalue weighted by Gasteiger charge is -2.39. The van der Waals surface area contributed by atoms with Crippen molar-refractivity contribution in [3.05, 3.63) is 81.2 Å². The van der Waals surface area contributed by atoms with Gasteiger partial charge in [0.15, 0.2) is 0 Å². The number of imide groups is 2. The van der Waals surface area contributed by atoms with E-state index in [0.29, 0.717) is 66.2 Å². The third kappa shape index (κ3) is 10.4. The van der Waals surface area contributed by atoms with Crippen LogP contribution in [0.3, 0.4) is 0 Å². The van der Waals surface area contributed by atoms with E-state index < -0.39 is 36.1 Å². The number of piperidine rings is 3. The predicted octanol–water partition coefficient (Wildman–Crippen LogP) is 5.05. The van der Waals surface area contributed by atoms with E-state index in [-0.39, 0.29) is 42.7 Å². The molecule has 67 heavy (non-hydrogen) atoms. The van der Waals surface area contributed by atoms with Gasteiger partial charge in [-0.1, -0.05) is 12.1 Å². The van der Waals surface area contributed by atoms with Gasteiger partial charge in [0, 0.05) is 99.5 Å². The highest BCUT2D eigenvalue weighted by atomic mass is 19.3. The van der Waals surface area contributed by atoms with E-state index in [4.69, 9.17) is 5.73 Å². The number of nitrogens with one attached hydrogen (secondary N) is 3. The summed E-state index contributed by atoms with van der Waals surface area (Å²) in [4.78, 5) is 77.3. The van der Waals surface area contributed by atoms with Gasteiger partial charge in [-0.25, -0.2) is 8.78 Å². The van der Waals surface area contributed by atoms with Gasteiger partial charge in [0.2, 0.25) is 17.7 Å². The van der Waals surface area contributed by atoms with E-state index in [9.17, 15) is 38.2 Å². The number of benzene rings is 2. The lowest BCUT2D eigenvalue weighted by atomic mass is 9.91. The summed E-state index contributed by atoms with van der Waals surface area (Å²) in [6, 6.07) is 7.86. The fraction of sp³-hybridized carbons (Fsp3) is 0.540. The first kappa shape index (κ1) is 47.7. The van der Waals surface area contributed by atoms with E-state index in [1.165, 1.54) is 18.5 Å². The van der Waals surface area contributed by atoms with Crippen molar-refractivity contribution in [3.63, 3.8) is 0 Å². The van der Waals surface area contributed by atoms with E-state index in [1.54, 1.807) is 37.1 Å². The zero-order valence-corrected chi connectivity index (χ0v) is 38.8. The summed E-state index contributed by atoms with van der Waals surface area (Å²) in [6.45, 7) is 8.84. The molecule has 358 valence electrons. The average molecular weight is 923 g/mol. The molecule has 6 heterocycles. The van der Waals surface area contributed by atoms with Gasteiger partial charge in [-0.15, -0.1) is 0 Å². The highest BCUT2D eigenvalue weighted by Crippen LogP contribution is 2.38. The molecule has 6 aliphatic rings. The van der Waals surface area contributed by atoms with Crippen LogP contribution < -0.4 is 21.3 Å². The molecule has 5 amide bonds. The van der Waals surface area contributed by atoms with Gasteiger partial charge in [-0.05, 0) is 131 Å². The quantitative estimate of drug-likeness (QED) is 0.114. The minimum Gasteiger partial charge on any atom is -0.404 e. The Labute approximate surface area is 391 Å². The maximum absolute atomic E-state index is 14.6. The van der Waals surface area contributed by atoms with Crippen LogP contribution >= 0.6 is 0 Å². The van der Waals surface area contributed by atoms with Gasteiger partial charge in [-0.2, -0.15) is 0 Å². The number of carbonyl (C=O) groups is 5. The summed E-state index contributed by atoms with van der Waals surface area (Å²) < 4.78 is 29.1. The second-order valence-electron chi connectivity index (χ2n) is 18.9. The zero-order chi connectivity index (χ0) is 47.4. The number of nitrogens with two attached hydrogens (primary N) is 1. The second-order valence-corrected chi connectivity index (χ2v) is 18.9. The Balaban J connectivity index is 0.811. The topological polar surface area (TPSA) is 188 Å².